The predicted molar refractivity (Wildman–Crippen MR) is 127 cm³/mol. The van der Waals surface area contributed by atoms with E-state index in [1.54, 1.807) is 0 Å². The Kier molecular flexibility index (Phi) is 4.53. The zero-order chi connectivity index (χ0) is 22.1. The Morgan fingerprint density at radius 3 is 2.75 bits per heavy atom. The lowest BCUT2D eigenvalue weighted by Gasteiger charge is -2.43. The third-order valence-corrected chi connectivity index (χ3v) is 8.22. The van der Waals surface area contributed by atoms with Crippen LogP contribution in [0.15, 0.2) is 29.1 Å². The Morgan fingerprint density at radius 1 is 1.19 bits per heavy atom. The van der Waals surface area contributed by atoms with Crippen LogP contribution < -0.4 is 5.56 Å². The first kappa shape index (κ1) is 20.4. The molecule has 3 aromatic rings. The van der Waals surface area contributed by atoms with Gasteiger partial charge in [0.2, 0.25) is 10.5 Å². The first-order valence-corrected chi connectivity index (χ1v) is 12.3. The molecule has 3 aliphatic rings. The summed E-state index contributed by atoms with van der Waals surface area (Å²) in [6, 6.07) is 8.57. The molecule has 6 nitrogen and oxygen atoms in total. The first-order chi connectivity index (χ1) is 15.4. The van der Waals surface area contributed by atoms with E-state index >= 15 is 0 Å². The molecule has 6 rings (SSSR count). The summed E-state index contributed by atoms with van der Waals surface area (Å²) in [7, 11) is 0. The monoisotopic (exact) mass is 450 g/mol. The fourth-order valence-corrected chi connectivity index (χ4v) is 6.79. The number of rotatable bonds is 1. The quantitative estimate of drug-likeness (QED) is 0.524. The lowest BCUT2D eigenvalue weighted by Crippen LogP contribution is -2.46. The van der Waals surface area contributed by atoms with E-state index in [4.69, 9.17) is 17.0 Å². The van der Waals surface area contributed by atoms with Gasteiger partial charge in [0, 0.05) is 29.2 Å². The van der Waals surface area contributed by atoms with Gasteiger partial charge in [-0.05, 0) is 63.7 Å². The van der Waals surface area contributed by atoms with Gasteiger partial charge in [-0.25, -0.2) is 5.10 Å². The van der Waals surface area contributed by atoms with Gasteiger partial charge in [0.25, 0.3) is 5.56 Å². The number of aromatic amines is 1. The second-order valence-electron chi connectivity index (χ2n) is 10.5. The van der Waals surface area contributed by atoms with Crippen molar-refractivity contribution in [3.8, 4) is 11.3 Å². The van der Waals surface area contributed by atoms with Crippen LogP contribution in [0.3, 0.4) is 0 Å². The van der Waals surface area contributed by atoms with Crippen LogP contribution in [0.2, 0.25) is 0 Å². The van der Waals surface area contributed by atoms with Crippen molar-refractivity contribution in [3.05, 3.63) is 50.5 Å². The van der Waals surface area contributed by atoms with Crippen molar-refractivity contribution in [1.29, 1.82) is 0 Å². The van der Waals surface area contributed by atoms with Crippen molar-refractivity contribution < 1.29 is 4.74 Å². The maximum atomic E-state index is 14.5. The Labute approximate surface area is 192 Å². The van der Waals surface area contributed by atoms with Gasteiger partial charge in [0.05, 0.1) is 11.3 Å². The lowest BCUT2D eigenvalue weighted by atomic mass is 9.62. The van der Waals surface area contributed by atoms with Gasteiger partial charge in [-0.15, -0.1) is 5.10 Å². The minimum absolute atomic E-state index is 0.0436. The Bertz CT molecular complexity index is 1330. The predicted octanol–water partition coefficient (Wildman–Crippen LogP) is 5.11. The number of nitrogens with zero attached hydrogens (tertiary/aromatic N) is 3. The summed E-state index contributed by atoms with van der Waals surface area (Å²) >= 11 is 5.75. The largest absolute Gasteiger partial charge is 0.375 e. The summed E-state index contributed by atoms with van der Waals surface area (Å²) in [6.45, 7) is 4.86. The van der Waals surface area contributed by atoms with E-state index < -0.39 is 0 Å². The average molecular weight is 451 g/mol. The zero-order valence-electron chi connectivity index (χ0n) is 18.8. The Hall–Kier alpha value is -2.25. The molecule has 1 atom stereocenters. The Morgan fingerprint density at radius 2 is 1.97 bits per heavy atom. The highest BCUT2D eigenvalue weighted by Gasteiger charge is 2.45. The number of hydrogen-bond donors (Lipinski definition) is 1. The summed E-state index contributed by atoms with van der Waals surface area (Å²) in [6.07, 6.45) is 8.21. The van der Waals surface area contributed by atoms with Crippen molar-refractivity contribution in [3.63, 3.8) is 0 Å². The maximum Gasteiger partial charge on any atom is 0.259 e. The van der Waals surface area contributed by atoms with Gasteiger partial charge < -0.3 is 4.74 Å². The number of nitrogens with one attached hydrogen (secondary N) is 1. The standard InChI is InChI=1S/C25H30N4O2S/c1-24(2)15-17(10-13-31-24)28-21(30)19-20(29-22(28)26-27-23(29)32)18-9-5-4-8-16(18)14-25(19)11-6-3-7-12-25/h4-5,8-9,17H,3,6-7,10-15H2,1-2H3,(H,27,32)/t17-/m0/s1. The fourth-order valence-electron chi connectivity index (χ4n) is 6.57. The molecule has 3 heterocycles. The number of benzene rings is 1. The minimum Gasteiger partial charge on any atom is -0.375 e. The van der Waals surface area contributed by atoms with Gasteiger partial charge >= 0.3 is 0 Å². The second kappa shape index (κ2) is 7.12. The zero-order valence-corrected chi connectivity index (χ0v) is 19.6. The van der Waals surface area contributed by atoms with E-state index in [2.05, 4.69) is 48.3 Å². The van der Waals surface area contributed by atoms with Crippen molar-refractivity contribution in [2.24, 2.45) is 0 Å². The highest BCUT2D eigenvalue weighted by molar-refractivity contribution is 7.71. The molecule has 7 heteroatoms. The topological polar surface area (TPSA) is 64.3 Å². The SMILES string of the molecule is CC1(C)C[C@@H](n2c(=O)c3c(n4c(=S)[nH]nc24)-c2ccccc2CC32CCCCC2)CCO1. The van der Waals surface area contributed by atoms with Crippen LogP contribution in [0.4, 0.5) is 0 Å². The van der Waals surface area contributed by atoms with Crippen LogP contribution >= 0.6 is 12.2 Å². The van der Waals surface area contributed by atoms with Gasteiger partial charge in [-0.3, -0.25) is 13.8 Å². The molecular weight excluding hydrogens is 420 g/mol. The number of ether oxygens (including phenoxy) is 1. The molecule has 1 saturated carbocycles. The molecule has 0 bridgehead atoms. The summed E-state index contributed by atoms with van der Waals surface area (Å²) < 4.78 is 10.5. The molecular formula is C25H30N4O2S. The van der Waals surface area contributed by atoms with Gasteiger partial charge in [-0.2, -0.15) is 0 Å². The fraction of sp³-hybridized carbons (Fsp3) is 0.560. The van der Waals surface area contributed by atoms with Gasteiger partial charge in [-0.1, -0.05) is 43.5 Å². The van der Waals surface area contributed by atoms with E-state index in [0.717, 1.165) is 48.9 Å². The smallest absolute Gasteiger partial charge is 0.259 e. The average Bonchev–Trinajstić information content (AvgIpc) is 3.14. The number of aromatic nitrogens is 4. The molecule has 0 radical (unpaired) electrons. The lowest BCUT2D eigenvalue weighted by molar-refractivity contribution is -0.0692. The van der Waals surface area contributed by atoms with Gasteiger partial charge in [0.15, 0.2) is 0 Å². The molecule has 1 spiro atoms. The van der Waals surface area contributed by atoms with E-state index in [9.17, 15) is 4.79 Å². The van der Waals surface area contributed by atoms with Crippen LogP contribution in [-0.2, 0) is 16.6 Å². The van der Waals surface area contributed by atoms with Crippen LogP contribution in [0.5, 0.6) is 0 Å². The van der Waals surface area contributed by atoms with E-state index in [0.29, 0.717) is 17.2 Å². The molecule has 0 amide bonds. The molecule has 0 unspecified atom stereocenters. The van der Waals surface area contributed by atoms with Crippen molar-refractivity contribution >= 4 is 18.0 Å². The normalized spacial score (nSPS) is 23.8. The highest BCUT2D eigenvalue weighted by atomic mass is 32.1. The molecule has 1 N–H and O–H groups in total. The molecule has 1 saturated heterocycles. The van der Waals surface area contributed by atoms with E-state index in [-0.39, 0.29) is 22.6 Å². The maximum absolute atomic E-state index is 14.5. The summed E-state index contributed by atoms with van der Waals surface area (Å²) in [5.74, 6) is 0.629. The third-order valence-electron chi connectivity index (χ3n) is 7.94. The molecule has 1 aromatic carbocycles. The van der Waals surface area contributed by atoms with Gasteiger partial charge in [0.1, 0.15) is 0 Å². The minimum atomic E-state index is -0.266. The summed E-state index contributed by atoms with van der Waals surface area (Å²) in [4.78, 5) is 14.5. The highest BCUT2D eigenvalue weighted by Crippen LogP contribution is 2.49. The van der Waals surface area contributed by atoms with E-state index in [1.165, 1.54) is 24.8 Å². The third kappa shape index (κ3) is 2.90. The molecule has 1 aliphatic heterocycles. The number of fused-ring (bicyclic) bond motifs is 6. The molecule has 2 aromatic heterocycles. The second-order valence-corrected chi connectivity index (χ2v) is 10.9. The molecule has 2 aliphatic carbocycles. The first-order valence-electron chi connectivity index (χ1n) is 11.9. The van der Waals surface area contributed by atoms with Crippen LogP contribution in [0.25, 0.3) is 17.0 Å². The van der Waals surface area contributed by atoms with Crippen LogP contribution in [-0.4, -0.2) is 31.4 Å². The van der Waals surface area contributed by atoms with Crippen molar-refractivity contribution in [1.82, 2.24) is 19.2 Å². The molecule has 2 fully saturated rings. The number of hydrogen-bond acceptors (Lipinski definition) is 4. The summed E-state index contributed by atoms with van der Waals surface area (Å²) in [5.41, 5.74) is 4.10. The summed E-state index contributed by atoms with van der Waals surface area (Å²) in [5, 5.41) is 7.59. The van der Waals surface area contributed by atoms with Crippen LogP contribution in [0, 0.1) is 4.77 Å². The number of H-pyrrole nitrogens is 1. The van der Waals surface area contributed by atoms with E-state index in [1.807, 2.05) is 8.97 Å². The molecule has 168 valence electrons. The molecule has 32 heavy (non-hydrogen) atoms. The van der Waals surface area contributed by atoms with Crippen molar-refractivity contribution in [2.75, 3.05) is 6.61 Å². The van der Waals surface area contributed by atoms with Crippen molar-refractivity contribution in [2.45, 2.75) is 82.3 Å². The Balaban J connectivity index is 1.72. The van der Waals surface area contributed by atoms with Crippen LogP contribution in [0.1, 0.15) is 76.0 Å².